The third-order valence-corrected chi connectivity index (χ3v) is 1.77. The van der Waals surface area contributed by atoms with E-state index in [0.29, 0.717) is 6.61 Å². The molecule has 0 saturated carbocycles. The molecule has 0 aromatic heterocycles. The summed E-state index contributed by atoms with van der Waals surface area (Å²) in [7, 11) is 0. The van der Waals surface area contributed by atoms with Gasteiger partial charge < -0.3 is 10.5 Å². The van der Waals surface area contributed by atoms with Crippen LogP contribution in [0.1, 0.15) is 46.0 Å². The lowest BCUT2D eigenvalue weighted by molar-refractivity contribution is 0.120. The lowest BCUT2D eigenvalue weighted by Crippen LogP contribution is -2.22. The van der Waals surface area contributed by atoms with Crippen LogP contribution in [0.5, 0.6) is 0 Å². The summed E-state index contributed by atoms with van der Waals surface area (Å²) in [6.45, 7) is 5.78. The first-order valence-corrected chi connectivity index (χ1v) is 5.10. The molecule has 0 aliphatic carbocycles. The highest BCUT2D eigenvalue weighted by atomic mass is 16.5. The Morgan fingerprint density at radius 2 is 1.83 bits per heavy atom. The van der Waals surface area contributed by atoms with Crippen molar-refractivity contribution in [2.75, 3.05) is 13.2 Å². The molecule has 1 unspecified atom stereocenters. The van der Waals surface area contributed by atoms with Crippen LogP contribution in [0, 0.1) is 0 Å². The number of rotatable bonds is 8. The van der Waals surface area contributed by atoms with Crippen molar-refractivity contribution in [3.8, 4) is 0 Å². The predicted molar refractivity (Wildman–Crippen MR) is 53.2 cm³/mol. The normalized spacial score (nSPS) is 13.2. The summed E-state index contributed by atoms with van der Waals surface area (Å²) < 4.78 is 5.35. The van der Waals surface area contributed by atoms with Crippen LogP contribution in [-0.2, 0) is 4.74 Å². The van der Waals surface area contributed by atoms with E-state index in [0.717, 1.165) is 6.61 Å². The predicted octanol–water partition coefficient (Wildman–Crippen LogP) is 2.32. The van der Waals surface area contributed by atoms with Gasteiger partial charge in [0.1, 0.15) is 0 Å². The van der Waals surface area contributed by atoms with Gasteiger partial charge in [0.25, 0.3) is 0 Å². The van der Waals surface area contributed by atoms with Crippen LogP contribution in [0.15, 0.2) is 0 Å². The number of hydrogen-bond acceptors (Lipinski definition) is 2. The van der Waals surface area contributed by atoms with Gasteiger partial charge in [-0.25, -0.2) is 0 Å². The molecular formula is C10H23NO. The highest BCUT2D eigenvalue weighted by Gasteiger charge is 1.93. The van der Waals surface area contributed by atoms with E-state index < -0.39 is 0 Å². The molecular weight excluding hydrogens is 150 g/mol. The van der Waals surface area contributed by atoms with Crippen LogP contribution in [0.25, 0.3) is 0 Å². The minimum absolute atomic E-state index is 0.181. The smallest absolute Gasteiger partial charge is 0.0614 e. The molecule has 0 radical (unpaired) electrons. The Kier molecular flexibility index (Phi) is 8.95. The van der Waals surface area contributed by atoms with Crippen molar-refractivity contribution in [1.82, 2.24) is 0 Å². The van der Waals surface area contributed by atoms with Crippen LogP contribution in [0.2, 0.25) is 0 Å². The van der Waals surface area contributed by atoms with Crippen LogP contribution in [0.4, 0.5) is 0 Å². The molecule has 0 saturated heterocycles. The van der Waals surface area contributed by atoms with E-state index in [1.807, 2.05) is 6.92 Å². The van der Waals surface area contributed by atoms with Crippen molar-refractivity contribution in [3.05, 3.63) is 0 Å². The Balaban J connectivity index is 2.82. The third kappa shape index (κ3) is 9.92. The summed E-state index contributed by atoms with van der Waals surface area (Å²) in [6.07, 6.45) is 6.49. The van der Waals surface area contributed by atoms with E-state index in [1.165, 1.54) is 32.1 Å². The first kappa shape index (κ1) is 11.9. The maximum atomic E-state index is 5.53. The van der Waals surface area contributed by atoms with Crippen LogP contribution >= 0.6 is 0 Å². The molecule has 74 valence electrons. The summed E-state index contributed by atoms with van der Waals surface area (Å²) in [5, 5.41) is 0. The van der Waals surface area contributed by atoms with E-state index in [9.17, 15) is 0 Å². The minimum Gasteiger partial charge on any atom is -0.380 e. The standard InChI is InChI=1S/C10H23NO/c1-3-4-5-6-7-8-12-9-10(2)11/h10H,3-9,11H2,1-2H3. The molecule has 2 N–H and O–H groups in total. The Morgan fingerprint density at radius 1 is 1.17 bits per heavy atom. The van der Waals surface area contributed by atoms with Gasteiger partial charge in [0.15, 0.2) is 0 Å². The Morgan fingerprint density at radius 3 is 2.42 bits per heavy atom. The lowest BCUT2D eigenvalue weighted by Gasteiger charge is -2.06. The molecule has 2 heteroatoms. The molecule has 0 spiro atoms. The Labute approximate surface area is 76.5 Å². The summed E-state index contributed by atoms with van der Waals surface area (Å²) in [5.41, 5.74) is 5.53. The molecule has 0 heterocycles. The molecule has 0 bridgehead atoms. The largest absolute Gasteiger partial charge is 0.380 e. The van der Waals surface area contributed by atoms with Gasteiger partial charge in [-0.05, 0) is 13.3 Å². The van der Waals surface area contributed by atoms with Crippen molar-refractivity contribution in [2.45, 2.75) is 52.0 Å². The highest BCUT2D eigenvalue weighted by Crippen LogP contribution is 2.02. The number of ether oxygens (including phenoxy) is 1. The van der Waals surface area contributed by atoms with Gasteiger partial charge in [0.05, 0.1) is 6.61 Å². The molecule has 0 aromatic carbocycles. The highest BCUT2D eigenvalue weighted by molar-refractivity contribution is 4.48. The van der Waals surface area contributed by atoms with Gasteiger partial charge in [-0.15, -0.1) is 0 Å². The minimum atomic E-state index is 0.181. The molecule has 0 aliphatic rings. The van der Waals surface area contributed by atoms with Crippen LogP contribution < -0.4 is 5.73 Å². The second kappa shape index (κ2) is 9.01. The summed E-state index contributed by atoms with van der Waals surface area (Å²) in [5.74, 6) is 0. The van der Waals surface area contributed by atoms with Crippen molar-refractivity contribution < 1.29 is 4.74 Å². The summed E-state index contributed by atoms with van der Waals surface area (Å²) in [6, 6.07) is 0.181. The topological polar surface area (TPSA) is 35.2 Å². The Hall–Kier alpha value is -0.0800. The first-order chi connectivity index (χ1) is 5.77. The van der Waals surface area contributed by atoms with Crippen molar-refractivity contribution in [3.63, 3.8) is 0 Å². The number of nitrogens with two attached hydrogens (primary N) is 1. The average molecular weight is 173 g/mol. The summed E-state index contributed by atoms with van der Waals surface area (Å²) in [4.78, 5) is 0. The van der Waals surface area contributed by atoms with Gasteiger partial charge in [0.2, 0.25) is 0 Å². The van der Waals surface area contributed by atoms with Crippen molar-refractivity contribution in [2.24, 2.45) is 5.73 Å². The molecule has 0 amide bonds. The third-order valence-electron chi connectivity index (χ3n) is 1.77. The second-order valence-corrected chi connectivity index (χ2v) is 3.47. The fraction of sp³-hybridized carbons (Fsp3) is 1.00. The fourth-order valence-corrected chi connectivity index (χ4v) is 1.08. The van der Waals surface area contributed by atoms with E-state index >= 15 is 0 Å². The zero-order valence-electron chi connectivity index (χ0n) is 8.51. The maximum absolute atomic E-state index is 5.53. The van der Waals surface area contributed by atoms with Crippen molar-refractivity contribution in [1.29, 1.82) is 0 Å². The van der Waals surface area contributed by atoms with E-state index in [2.05, 4.69) is 6.92 Å². The second-order valence-electron chi connectivity index (χ2n) is 3.47. The van der Waals surface area contributed by atoms with Gasteiger partial charge in [-0.3, -0.25) is 0 Å². The van der Waals surface area contributed by atoms with Crippen LogP contribution in [0.3, 0.4) is 0 Å². The molecule has 1 atom stereocenters. The van der Waals surface area contributed by atoms with Gasteiger partial charge in [-0.2, -0.15) is 0 Å². The molecule has 0 rings (SSSR count). The SMILES string of the molecule is CCCCCCCOCC(C)N. The monoisotopic (exact) mass is 173 g/mol. The molecule has 0 fully saturated rings. The molecule has 12 heavy (non-hydrogen) atoms. The van der Waals surface area contributed by atoms with Gasteiger partial charge in [-0.1, -0.05) is 32.6 Å². The molecule has 2 nitrogen and oxygen atoms in total. The molecule has 0 aliphatic heterocycles. The van der Waals surface area contributed by atoms with E-state index in [1.54, 1.807) is 0 Å². The lowest BCUT2D eigenvalue weighted by atomic mass is 10.2. The fourth-order valence-electron chi connectivity index (χ4n) is 1.08. The van der Waals surface area contributed by atoms with E-state index in [-0.39, 0.29) is 6.04 Å². The number of unbranched alkanes of at least 4 members (excludes halogenated alkanes) is 4. The van der Waals surface area contributed by atoms with Crippen molar-refractivity contribution >= 4 is 0 Å². The van der Waals surface area contributed by atoms with Gasteiger partial charge in [0, 0.05) is 12.6 Å². The molecule has 0 aromatic rings. The van der Waals surface area contributed by atoms with Crippen LogP contribution in [-0.4, -0.2) is 19.3 Å². The number of hydrogen-bond donors (Lipinski definition) is 1. The first-order valence-electron chi connectivity index (χ1n) is 5.10. The maximum Gasteiger partial charge on any atom is 0.0614 e. The Bertz CT molecular complexity index is 83.9. The zero-order chi connectivity index (χ0) is 9.23. The quantitative estimate of drug-likeness (QED) is 0.572. The zero-order valence-corrected chi connectivity index (χ0v) is 8.51. The average Bonchev–Trinajstić information content (AvgIpc) is 2.02. The van der Waals surface area contributed by atoms with Gasteiger partial charge >= 0.3 is 0 Å². The van der Waals surface area contributed by atoms with E-state index in [4.69, 9.17) is 10.5 Å². The summed E-state index contributed by atoms with van der Waals surface area (Å²) >= 11 is 0.